The average molecular weight is 349 g/mol. The molecule has 1 aromatic carbocycles. The zero-order chi connectivity index (χ0) is 18.1. The van der Waals surface area contributed by atoms with Gasteiger partial charge in [0.1, 0.15) is 16.9 Å². The summed E-state index contributed by atoms with van der Waals surface area (Å²) in [6, 6.07) is 5.71. The molecule has 0 aromatic heterocycles. The molecule has 4 aliphatic rings. The molecule has 1 aromatic rings. The van der Waals surface area contributed by atoms with Crippen LogP contribution in [0.3, 0.4) is 0 Å². The molecular weight excluding hydrogens is 330 g/mol. The Labute approximate surface area is 151 Å². The molecule has 26 heavy (non-hydrogen) atoms. The highest BCUT2D eigenvalue weighted by Crippen LogP contribution is 2.56. The summed E-state index contributed by atoms with van der Waals surface area (Å²) in [5.41, 5.74) is 1.83. The molecule has 0 saturated carbocycles. The van der Waals surface area contributed by atoms with E-state index in [1.54, 1.807) is 0 Å². The summed E-state index contributed by atoms with van der Waals surface area (Å²) in [5.74, 6) is 0.701. The average Bonchev–Trinajstić information content (AvgIpc) is 2.87. The Hall–Kier alpha value is -2.69. The summed E-state index contributed by atoms with van der Waals surface area (Å²) in [6.45, 7) is 1.95. The lowest BCUT2D eigenvalue weighted by molar-refractivity contribution is -0.125. The smallest absolute Gasteiger partial charge is 0.244 e. The molecule has 0 fully saturated rings. The zero-order valence-electron chi connectivity index (χ0n) is 14.6. The van der Waals surface area contributed by atoms with Gasteiger partial charge in [0.05, 0.1) is 11.1 Å². The molecule has 0 atom stereocenters. The number of aryl methyl sites for hydroxylation is 1. The number of hydrogen-bond acceptors (Lipinski definition) is 4. The maximum absolute atomic E-state index is 13.4. The fourth-order valence-corrected chi connectivity index (χ4v) is 4.86. The van der Waals surface area contributed by atoms with Gasteiger partial charge in [-0.15, -0.1) is 0 Å². The normalized spacial score (nSPS) is 23.5. The fraction of sp³-hybridized carbons (Fsp3) is 0.381. The lowest BCUT2D eigenvalue weighted by Crippen LogP contribution is -2.48. The number of rotatable bonds is 0. The van der Waals surface area contributed by atoms with Gasteiger partial charge < -0.3 is 10.1 Å². The number of carbonyl (C=O) groups excluding carboxylic acids is 3. The van der Waals surface area contributed by atoms with Gasteiger partial charge in [0.15, 0.2) is 11.6 Å². The predicted molar refractivity (Wildman–Crippen MR) is 94.3 cm³/mol. The van der Waals surface area contributed by atoms with Gasteiger partial charge in [0.2, 0.25) is 5.91 Å². The number of ether oxygens (including phenoxy) is 1. The van der Waals surface area contributed by atoms with Crippen LogP contribution in [0.2, 0.25) is 0 Å². The molecule has 1 N–H and O–H groups in total. The minimum atomic E-state index is -1.33. The van der Waals surface area contributed by atoms with E-state index in [-0.39, 0.29) is 17.5 Å². The number of nitrogens with one attached hydrogen (secondary N) is 1. The van der Waals surface area contributed by atoms with Crippen LogP contribution in [0, 0.1) is 6.92 Å². The van der Waals surface area contributed by atoms with Crippen LogP contribution in [0.4, 0.5) is 5.69 Å². The Morgan fingerprint density at radius 3 is 2.15 bits per heavy atom. The standard InChI is InChI=1S/C21H19NO4/c1-11-8-9-13-12(10-11)21(20(25)22-13)18-14(23)4-2-6-16(18)26-17-7-3-5-15(24)19(17)21/h8-10H,2-7H2,1H3,(H,22,25). The van der Waals surface area contributed by atoms with Crippen molar-refractivity contribution in [2.75, 3.05) is 5.32 Å². The monoisotopic (exact) mass is 349 g/mol. The number of benzene rings is 1. The minimum absolute atomic E-state index is 0.0827. The minimum Gasteiger partial charge on any atom is -0.465 e. The van der Waals surface area contributed by atoms with E-state index in [4.69, 9.17) is 4.74 Å². The molecule has 2 aliphatic heterocycles. The predicted octanol–water partition coefficient (Wildman–Crippen LogP) is 3.23. The Morgan fingerprint density at radius 1 is 0.923 bits per heavy atom. The number of fused-ring (bicyclic) bond motifs is 4. The molecular formula is C21H19NO4. The third kappa shape index (κ3) is 1.78. The van der Waals surface area contributed by atoms with Crippen LogP contribution in [-0.4, -0.2) is 17.5 Å². The lowest BCUT2D eigenvalue weighted by Gasteiger charge is -2.41. The van der Waals surface area contributed by atoms with Crippen molar-refractivity contribution in [1.82, 2.24) is 0 Å². The molecule has 5 rings (SSSR count). The Balaban J connectivity index is 1.90. The van der Waals surface area contributed by atoms with Gasteiger partial charge >= 0.3 is 0 Å². The summed E-state index contributed by atoms with van der Waals surface area (Å²) in [6.07, 6.45) is 3.45. The molecule has 5 heteroatoms. The maximum atomic E-state index is 13.4. The van der Waals surface area contributed by atoms with Crippen molar-refractivity contribution < 1.29 is 19.1 Å². The van der Waals surface area contributed by atoms with E-state index in [1.165, 1.54) is 0 Å². The molecule has 2 heterocycles. The van der Waals surface area contributed by atoms with Crippen LogP contribution in [0.1, 0.15) is 49.7 Å². The molecule has 1 amide bonds. The SMILES string of the molecule is Cc1ccc2c(c1)C1(C(=O)N2)C2=C(CCCC2=O)OC2=C1C(=O)CCC2. The molecule has 1 spiro atoms. The van der Waals surface area contributed by atoms with Gasteiger partial charge in [0.25, 0.3) is 0 Å². The first-order valence-corrected chi connectivity index (χ1v) is 9.17. The highest BCUT2D eigenvalue weighted by Gasteiger charge is 2.61. The molecule has 0 bridgehead atoms. The Morgan fingerprint density at radius 2 is 1.54 bits per heavy atom. The second kappa shape index (κ2) is 5.16. The van der Waals surface area contributed by atoms with E-state index in [0.29, 0.717) is 66.9 Å². The van der Waals surface area contributed by atoms with Crippen LogP contribution in [0.25, 0.3) is 0 Å². The van der Waals surface area contributed by atoms with E-state index in [9.17, 15) is 14.4 Å². The number of carbonyl (C=O) groups is 3. The van der Waals surface area contributed by atoms with Crippen molar-refractivity contribution >= 4 is 23.2 Å². The van der Waals surface area contributed by atoms with E-state index < -0.39 is 5.41 Å². The zero-order valence-corrected chi connectivity index (χ0v) is 14.6. The quantitative estimate of drug-likeness (QED) is 0.780. The Kier molecular flexibility index (Phi) is 3.09. The van der Waals surface area contributed by atoms with Crippen molar-refractivity contribution in [3.63, 3.8) is 0 Å². The second-order valence-electron chi connectivity index (χ2n) is 7.51. The van der Waals surface area contributed by atoms with E-state index >= 15 is 0 Å². The molecule has 0 saturated heterocycles. The maximum Gasteiger partial charge on any atom is 0.244 e. The second-order valence-corrected chi connectivity index (χ2v) is 7.51. The van der Waals surface area contributed by atoms with Gasteiger partial charge in [-0.2, -0.15) is 0 Å². The van der Waals surface area contributed by atoms with Crippen molar-refractivity contribution in [1.29, 1.82) is 0 Å². The number of Topliss-reactive ketones (excluding diaryl/α,β-unsaturated/α-hetero) is 2. The van der Waals surface area contributed by atoms with Crippen LogP contribution in [0.5, 0.6) is 0 Å². The van der Waals surface area contributed by atoms with Gasteiger partial charge in [-0.3, -0.25) is 14.4 Å². The summed E-state index contributed by atoms with van der Waals surface area (Å²) in [4.78, 5) is 39.3. The van der Waals surface area contributed by atoms with Crippen LogP contribution in [-0.2, 0) is 24.5 Å². The van der Waals surface area contributed by atoms with E-state index in [0.717, 1.165) is 11.1 Å². The van der Waals surface area contributed by atoms with Crippen LogP contribution < -0.4 is 5.32 Å². The van der Waals surface area contributed by atoms with Gasteiger partial charge in [-0.1, -0.05) is 17.7 Å². The number of hydrogen-bond donors (Lipinski definition) is 1. The molecule has 2 aliphatic carbocycles. The van der Waals surface area contributed by atoms with E-state index in [1.807, 2.05) is 25.1 Å². The first-order chi connectivity index (χ1) is 12.5. The van der Waals surface area contributed by atoms with E-state index in [2.05, 4.69) is 5.32 Å². The largest absolute Gasteiger partial charge is 0.465 e. The van der Waals surface area contributed by atoms with Crippen molar-refractivity contribution in [3.05, 3.63) is 52.0 Å². The number of anilines is 1. The summed E-state index contributed by atoms with van der Waals surface area (Å²) in [7, 11) is 0. The van der Waals surface area contributed by atoms with Gasteiger partial charge in [0, 0.05) is 36.9 Å². The van der Waals surface area contributed by atoms with Crippen LogP contribution >= 0.6 is 0 Å². The first kappa shape index (κ1) is 15.6. The van der Waals surface area contributed by atoms with Crippen molar-refractivity contribution in [3.8, 4) is 0 Å². The topological polar surface area (TPSA) is 72.5 Å². The number of ketones is 2. The highest BCUT2D eigenvalue weighted by atomic mass is 16.5. The van der Waals surface area contributed by atoms with Gasteiger partial charge in [-0.25, -0.2) is 0 Å². The first-order valence-electron chi connectivity index (χ1n) is 9.17. The van der Waals surface area contributed by atoms with Crippen molar-refractivity contribution in [2.45, 2.75) is 50.9 Å². The highest BCUT2D eigenvalue weighted by molar-refractivity contribution is 6.23. The Bertz CT molecular complexity index is 924. The van der Waals surface area contributed by atoms with Crippen LogP contribution in [0.15, 0.2) is 40.9 Å². The summed E-state index contributed by atoms with van der Waals surface area (Å²) in [5, 5.41) is 2.93. The third-order valence-corrected chi connectivity index (χ3v) is 5.89. The summed E-state index contributed by atoms with van der Waals surface area (Å²) >= 11 is 0. The molecule has 5 nitrogen and oxygen atoms in total. The molecule has 0 radical (unpaired) electrons. The number of allylic oxidation sites excluding steroid dienone is 2. The molecule has 132 valence electrons. The molecule has 0 unspecified atom stereocenters. The fourth-order valence-electron chi connectivity index (χ4n) is 4.86. The third-order valence-electron chi connectivity index (χ3n) is 5.89. The number of amides is 1. The van der Waals surface area contributed by atoms with Crippen molar-refractivity contribution in [2.24, 2.45) is 0 Å². The van der Waals surface area contributed by atoms with Gasteiger partial charge in [-0.05, 0) is 25.8 Å². The lowest BCUT2D eigenvalue weighted by atomic mass is 9.62. The summed E-state index contributed by atoms with van der Waals surface area (Å²) < 4.78 is 6.05.